The predicted molar refractivity (Wildman–Crippen MR) is 107 cm³/mol. The van der Waals surface area contributed by atoms with E-state index in [0.717, 1.165) is 27.8 Å². The second kappa shape index (κ2) is 7.45. The Kier molecular flexibility index (Phi) is 4.69. The fourth-order valence-electron chi connectivity index (χ4n) is 3.10. The fraction of sp³-hybridized carbons (Fsp3) is 0.130. The molecule has 5 nitrogen and oxygen atoms in total. The van der Waals surface area contributed by atoms with Crippen molar-refractivity contribution in [1.82, 2.24) is 4.98 Å². The Hall–Kier alpha value is -3.78. The summed E-state index contributed by atoms with van der Waals surface area (Å²) in [6, 6.07) is 21.4. The summed E-state index contributed by atoms with van der Waals surface area (Å²) >= 11 is 0. The average Bonchev–Trinajstić information content (AvgIpc) is 3.18. The summed E-state index contributed by atoms with van der Waals surface area (Å²) in [5.41, 5.74) is 3.40. The van der Waals surface area contributed by atoms with Gasteiger partial charge in [0, 0.05) is 10.9 Å². The maximum absolute atomic E-state index is 9.75. The van der Waals surface area contributed by atoms with Crippen LogP contribution in [-0.2, 0) is 0 Å². The van der Waals surface area contributed by atoms with Crippen molar-refractivity contribution < 1.29 is 13.9 Å². The lowest BCUT2D eigenvalue weighted by atomic mass is 10.00. The fourth-order valence-corrected chi connectivity index (χ4v) is 3.10. The lowest BCUT2D eigenvalue weighted by Crippen LogP contribution is -2.01. The molecule has 0 N–H and O–H groups in total. The lowest BCUT2D eigenvalue weighted by molar-refractivity contribution is 0.326. The third-order valence-electron chi connectivity index (χ3n) is 4.46. The zero-order valence-corrected chi connectivity index (χ0v) is 15.6. The minimum atomic E-state index is 0.300. The van der Waals surface area contributed by atoms with Crippen LogP contribution in [0.3, 0.4) is 0 Å². The molecule has 0 aliphatic carbocycles. The molecular weight excluding hydrogens is 352 g/mol. The van der Waals surface area contributed by atoms with Gasteiger partial charge in [-0.05, 0) is 42.8 Å². The van der Waals surface area contributed by atoms with Gasteiger partial charge in [0.1, 0.15) is 28.7 Å². The molecule has 2 heterocycles. The molecule has 0 atom stereocenters. The maximum Gasteiger partial charge on any atom is 0.232 e. The van der Waals surface area contributed by atoms with Crippen molar-refractivity contribution in [1.29, 1.82) is 5.26 Å². The summed E-state index contributed by atoms with van der Waals surface area (Å²) in [6.07, 6.45) is 0. The van der Waals surface area contributed by atoms with Gasteiger partial charge in [-0.25, -0.2) is 4.98 Å². The van der Waals surface area contributed by atoms with E-state index in [1.165, 1.54) is 0 Å². The highest BCUT2D eigenvalue weighted by atomic mass is 16.5. The first kappa shape index (κ1) is 17.6. The number of para-hydroxylation sites is 1. The van der Waals surface area contributed by atoms with E-state index in [4.69, 9.17) is 13.9 Å². The number of hydrogen-bond acceptors (Lipinski definition) is 5. The predicted octanol–water partition coefficient (Wildman–Crippen LogP) is 5.44. The van der Waals surface area contributed by atoms with Crippen LogP contribution in [0.25, 0.3) is 33.6 Å². The SMILES string of the molecule is CCOc1nc(-c2cc3ccccc3o2)cc(-c2ccc(OC)cc2)c1C#N. The molecule has 0 saturated carbocycles. The van der Waals surface area contributed by atoms with Crippen molar-refractivity contribution in [3.63, 3.8) is 0 Å². The Labute approximate surface area is 162 Å². The summed E-state index contributed by atoms with van der Waals surface area (Å²) in [6.45, 7) is 2.27. The number of benzene rings is 2. The van der Waals surface area contributed by atoms with Gasteiger partial charge in [0.25, 0.3) is 0 Å². The molecule has 0 aliphatic heterocycles. The number of nitrogens with zero attached hydrogens (tertiary/aromatic N) is 2. The molecule has 5 heteroatoms. The minimum Gasteiger partial charge on any atom is -0.497 e. The van der Waals surface area contributed by atoms with Crippen LogP contribution in [0.15, 0.2) is 65.1 Å². The van der Waals surface area contributed by atoms with Crippen molar-refractivity contribution >= 4 is 11.0 Å². The van der Waals surface area contributed by atoms with Crippen molar-refractivity contribution in [2.75, 3.05) is 13.7 Å². The molecule has 2 aromatic carbocycles. The molecule has 4 rings (SSSR count). The van der Waals surface area contributed by atoms with E-state index in [9.17, 15) is 5.26 Å². The van der Waals surface area contributed by atoms with Gasteiger partial charge in [0.2, 0.25) is 5.88 Å². The molecule has 0 spiro atoms. The molecule has 0 saturated heterocycles. The van der Waals surface area contributed by atoms with Crippen LogP contribution in [0.2, 0.25) is 0 Å². The van der Waals surface area contributed by atoms with Gasteiger partial charge in [-0.2, -0.15) is 5.26 Å². The number of fused-ring (bicyclic) bond motifs is 1. The highest BCUT2D eigenvalue weighted by Crippen LogP contribution is 2.35. The third kappa shape index (κ3) is 3.17. The number of furan rings is 1. The van der Waals surface area contributed by atoms with Crippen LogP contribution in [0.5, 0.6) is 11.6 Å². The standard InChI is InChI=1S/C23H18N2O3/c1-3-27-23-19(14-24)18(15-8-10-17(26-2)11-9-15)13-20(25-23)22-12-16-6-4-5-7-21(16)28-22/h4-13H,3H2,1-2H3. The van der Waals surface area contributed by atoms with E-state index in [1.54, 1.807) is 7.11 Å². The Morgan fingerprint density at radius 3 is 2.54 bits per heavy atom. The van der Waals surface area contributed by atoms with Crippen molar-refractivity contribution in [3.8, 4) is 40.3 Å². The van der Waals surface area contributed by atoms with E-state index in [0.29, 0.717) is 29.5 Å². The van der Waals surface area contributed by atoms with Gasteiger partial charge in [0.05, 0.1) is 13.7 Å². The molecule has 0 amide bonds. The van der Waals surface area contributed by atoms with Crippen molar-refractivity contribution in [2.45, 2.75) is 6.92 Å². The van der Waals surface area contributed by atoms with Crippen LogP contribution in [-0.4, -0.2) is 18.7 Å². The summed E-state index contributed by atoms with van der Waals surface area (Å²) in [4.78, 5) is 4.56. The van der Waals surface area contributed by atoms with E-state index < -0.39 is 0 Å². The Morgan fingerprint density at radius 1 is 1.07 bits per heavy atom. The summed E-state index contributed by atoms with van der Waals surface area (Å²) in [5, 5.41) is 10.7. The zero-order valence-electron chi connectivity index (χ0n) is 15.6. The smallest absolute Gasteiger partial charge is 0.232 e. The summed E-state index contributed by atoms with van der Waals surface area (Å²) < 4.78 is 16.9. The third-order valence-corrected chi connectivity index (χ3v) is 4.46. The van der Waals surface area contributed by atoms with Gasteiger partial charge in [-0.15, -0.1) is 0 Å². The van der Waals surface area contributed by atoms with Gasteiger partial charge in [-0.1, -0.05) is 30.3 Å². The van der Waals surface area contributed by atoms with E-state index >= 15 is 0 Å². The number of pyridine rings is 1. The first-order valence-corrected chi connectivity index (χ1v) is 8.94. The summed E-state index contributed by atoms with van der Waals surface area (Å²) in [5.74, 6) is 1.68. The highest BCUT2D eigenvalue weighted by molar-refractivity contribution is 5.84. The lowest BCUT2D eigenvalue weighted by Gasteiger charge is -2.12. The van der Waals surface area contributed by atoms with E-state index in [1.807, 2.05) is 67.6 Å². The van der Waals surface area contributed by atoms with Crippen molar-refractivity contribution in [2.24, 2.45) is 0 Å². The first-order chi connectivity index (χ1) is 13.7. The normalized spacial score (nSPS) is 10.6. The Balaban J connectivity index is 1.91. The van der Waals surface area contributed by atoms with Crippen LogP contribution in [0.4, 0.5) is 0 Å². The Morgan fingerprint density at radius 2 is 1.86 bits per heavy atom. The maximum atomic E-state index is 9.75. The van der Waals surface area contributed by atoms with Gasteiger partial charge >= 0.3 is 0 Å². The zero-order chi connectivity index (χ0) is 19.5. The van der Waals surface area contributed by atoms with Gasteiger partial charge in [0.15, 0.2) is 5.76 Å². The van der Waals surface area contributed by atoms with Crippen LogP contribution in [0, 0.1) is 11.3 Å². The molecule has 4 aromatic rings. The average molecular weight is 370 g/mol. The molecule has 0 fully saturated rings. The number of rotatable bonds is 5. The van der Waals surface area contributed by atoms with Gasteiger partial charge in [-0.3, -0.25) is 0 Å². The minimum absolute atomic E-state index is 0.300. The molecular formula is C23H18N2O3. The highest BCUT2D eigenvalue weighted by Gasteiger charge is 2.18. The quantitative estimate of drug-likeness (QED) is 0.468. The molecule has 0 unspecified atom stereocenters. The topological polar surface area (TPSA) is 68.3 Å². The second-order valence-corrected chi connectivity index (χ2v) is 6.16. The second-order valence-electron chi connectivity index (χ2n) is 6.16. The molecule has 0 bridgehead atoms. The van der Waals surface area contributed by atoms with Crippen LogP contribution < -0.4 is 9.47 Å². The molecule has 0 aliphatic rings. The monoisotopic (exact) mass is 370 g/mol. The first-order valence-electron chi connectivity index (χ1n) is 8.94. The molecule has 28 heavy (non-hydrogen) atoms. The van der Waals surface area contributed by atoms with Gasteiger partial charge < -0.3 is 13.9 Å². The Bertz CT molecular complexity index is 1140. The molecule has 138 valence electrons. The number of aromatic nitrogens is 1. The number of nitriles is 1. The number of methoxy groups -OCH3 is 1. The summed E-state index contributed by atoms with van der Waals surface area (Å²) in [7, 11) is 1.62. The van der Waals surface area contributed by atoms with Crippen LogP contribution in [0.1, 0.15) is 12.5 Å². The molecule has 0 radical (unpaired) electrons. The van der Waals surface area contributed by atoms with E-state index in [-0.39, 0.29) is 0 Å². The number of ether oxygens (including phenoxy) is 2. The molecule has 2 aromatic heterocycles. The van der Waals surface area contributed by atoms with Crippen molar-refractivity contribution in [3.05, 3.63) is 66.2 Å². The van der Waals surface area contributed by atoms with Crippen LogP contribution >= 0.6 is 0 Å². The largest absolute Gasteiger partial charge is 0.497 e. The number of hydrogen-bond donors (Lipinski definition) is 0. The van der Waals surface area contributed by atoms with E-state index in [2.05, 4.69) is 11.1 Å².